The Morgan fingerprint density at radius 1 is 1.16 bits per heavy atom. The van der Waals surface area contributed by atoms with Crippen LogP contribution in [0.5, 0.6) is 0 Å². The molecule has 0 bridgehead atoms. The number of nitrogens with one attached hydrogen (secondary N) is 1. The molecule has 0 aliphatic carbocycles. The van der Waals surface area contributed by atoms with Crippen molar-refractivity contribution in [3.8, 4) is 11.1 Å². The van der Waals surface area contributed by atoms with E-state index in [0.29, 0.717) is 56.0 Å². The van der Waals surface area contributed by atoms with Crippen LogP contribution in [0.25, 0.3) is 22.0 Å². The monoisotopic (exact) mass is 485 g/mol. The molecule has 3 aromatic heterocycles. The minimum Gasteiger partial charge on any atom is -0.353 e. The standard InChI is InChI=1S/C20H22F3N5O2S2/c1-32(29,30)25-5-6-27-7-9-28(10-8-27)19-15-2-3-17(20(21,22)23)26-18(15)16(12-24-19)14-4-11-31-13-14/h2-4,11-13,25H,5-10H2,1H3. The van der Waals surface area contributed by atoms with E-state index in [1.807, 2.05) is 21.7 Å². The molecule has 0 radical (unpaired) electrons. The molecule has 12 heteroatoms. The molecule has 0 amide bonds. The summed E-state index contributed by atoms with van der Waals surface area (Å²) in [7, 11) is -3.22. The van der Waals surface area contributed by atoms with Crippen LogP contribution in [0, 0.1) is 0 Å². The highest BCUT2D eigenvalue weighted by atomic mass is 32.2. The molecule has 0 spiro atoms. The van der Waals surface area contributed by atoms with Crippen LogP contribution in [0.1, 0.15) is 5.69 Å². The van der Waals surface area contributed by atoms with Crippen LogP contribution < -0.4 is 9.62 Å². The van der Waals surface area contributed by atoms with Crippen molar-refractivity contribution in [3.63, 3.8) is 0 Å². The Balaban J connectivity index is 1.59. The largest absolute Gasteiger partial charge is 0.433 e. The smallest absolute Gasteiger partial charge is 0.353 e. The van der Waals surface area contributed by atoms with E-state index in [2.05, 4.69) is 19.6 Å². The first-order chi connectivity index (χ1) is 15.1. The highest BCUT2D eigenvalue weighted by Crippen LogP contribution is 2.36. The third-order valence-electron chi connectivity index (χ3n) is 5.29. The van der Waals surface area contributed by atoms with Gasteiger partial charge in [0.05, 0.1) is 11.8 Å². The fourth-order valence-electron chi connectivity index (χ4n) is 3.71. The predicted octanol–water partition coefficient (Wildman–Crippen LogP) is 3.05. The number of hydrogen-bond acceptors (Lipinski definition) is 7. The molecule has 3 aromatic rings. The Kier molecular flexibility index (Phi) is 6.39. The molecule has 1 aliphatic heterocycles. The van der Waals surface area contributed by atoms with Gasteiger partial charge in [0.15, 0.2) is 0 Å². The molecule has 1 aliphatic rings. The Hall–Kier alpha value is -2.28. The molecule has 0 atom stereocenters. The van der Waals surface area contributed by atoms with E-state index in [-0.39, 0.29) is 5.52 Å². The lowest BCUT2D eigenvalue weighted by Crippen LogP contribution is -2.48. The van der Waals surface area contributed by atoms with Gasteiger partial charge in [0.2, 0.25) is 10.0 Å². The summed E-state index contributed by atoms with van der Waals surface area (Å²) in [6.45, 7) is 3.55. The zero-order valence-corrected chi connectivity index (χ0v) is 18.9. The third kappa shape index (κ3) is 5.20. The maximum atomic E-state index is 13.3. The van der Waals surface area contributed by atoms with Crippen molar-refractivity contribution in [2.45, 2.75) is 6.18 Å². The second-order valence-electron chi connectivity index (χ2n) is 7.59. The number of thiophene rings is 1. The molecular formula is C20H22F3N5O2S2. The average Bonchev–Trinajstić information content (AvgIpc) is 3.26. The molecule has 1 N–H and O–H groups in total. The van der Waals surface area contributed by atoms with Gasteiger partial charge in [0.1, 0.15) is 11.5 Å². The van der Waals surface area contributed by atoms with Gasteiger partial charge in [-0.3, -0.25) is 4.90 Å². The lowest BCUT2D eigenvalue weighted by Gasteiger charge is -2.36. The topological polar surface area (TPSA) is 78.4 Å². The minimum absolute atomic E-state index is 0.281. The minimum atomic E-state index is -4.53. The van der Waals surface area contributed by atoms with E-state index < -0.39 is 21.9 Å². The van der Waals surface area contributed by atoms with Gasteiger partial charge in [-0.2, -0.15) is 24.5 Å². The van der Waals surface area contributed by atoms with Crippen molar-refractivity contribution in [2.75, 3.05) is 50.4 Å². The van der Waals surface area contributed by atoms with Crippen LogP contribution in [-0.4, -0.2) is 68.8 Å². The van der Waals surface area contributed by atoms with E-state index >= 15 is 0 Å². The summed E-state index contributed by atoms with van der Waals surface area (Å²) in [6, 6.07) is 4.29. The van der Waals surface area contributed by atoms with Crippen LogP contribution in [-0.2, 0) is 16.2 Å². The summed E-state index contributed by atoms with van der Waals surface area (Å²) in [4.78, 5) is 12.7. The lowest BCUT2D eigenvalue weighted by molar-refractivity contribution is -0.140. The van der Waals surface area contributed by atoms with Crippen molar-refractivity contribution in [1.82, 2.24) is 19.6 Å². The fraction of sp³-hybridized carbons (Fsp3) is 0.400. The molecule has 1 saturated heterocycles. The summed E-state index contributed by atoms with van der Waals surface area (Å²) in [5, 5.41) is 4.30. The van der Waals surface area contributed by atoms with Crippen LogP contribution >= 0.6 is 11.3 Å². The maximum Gasteiger partial charge on any atom is 0.433 e. The van der Waals surface area contributed by atoms with Gasteiger partial charge in [-0.1, -0.05) is 0 Å². The third-order valence-corrected chi connectivity index (χ3v) is 6.71. The molecule has 0 saturated carbocycles. The quantitative estimate of drug-likeness (QED) is 0.578. The first-order valence-corrected chi connectivity index (χ1v) is 12.8. The number of aromatic nitrogens is 2. The summed E-state index contributed by atoms with van der Waals surface area (Å²) in [6.07, 6.45) is -1.82. The second kappa shape index (κ2) is 8.93. The highest BCUT2D eigenvalue weighted by Gasteiger charge is 2.33. The average molecular weight is 486 g/mol. The molecule has 1 fully saturated rings. The van der Waals surface area contributed by atoms with Crippen LogP contribution in [0.3, 0.4) is 0 Å². The molecule has 7 nitrogen and oxygen atoms in total. The molecule has 0 aromatic carbocycles. The van der Waals surface area contributed by atoms with Gasteiger partial charge in [0, 0.05) is 56.4 Å². The number of anilines is 1. The number of pyridine rings is 2. The van der Waals surface area contributed by atoms with Gasteiger partial charge in [-0.15, -0.1) is 0 Å². The molecule has 4 rings (SSSR count). The number of alkyl halides is 3. The summed E-state index contributed by atoms with van der Waals surface area (Å²) in [5.74, 6) is 0.606. The lowest BCUT2D eigenvalue weighted by atomic mass is 10.1. The normalized spacial score (nSPS) is 16.1. The van der Waals surface area contributed by atoms with E-state index in [1.165, 1.54) is 17.4 Å². The molecule has 32 heavy (non-hydrogen) atoms. The number of piperazine rings is 1. The van der Waals surface area contributed by atoms with Crippen molar-refractivity contribution in [2.24, 2.45) is 0 Å². The number of rotatable bonds is 6. The molecule has 4 heterocycles. The fourth-order valence-corrected chi connectivity index (χ4v) is 4.83. The predicted molar refractivity (Wildman–Crippen MR) is 119 cm³/mol. The highest BCUT2D eigenvalue weighted by molar-refractivity contribution is 7.88. The van der Waals surface area contributed by atoms with Crippen LogP contribution in [0.4, 0.5) is 19.0 Å². The van der Waals surface area contributed by atoms with Gasteiger partial charge in [-0.25, -0.2) is 23.1 Å². The first-order valence-electron chi connectivity index (χ1n) is 9.93. The first kappa shape index (κ1) is 22.9. The summed E-state index contributed by atoms with van der Waals surface area (Å²) in [5.41, 5.74) is 0.709. The van der Waals surface area contributed by atoms with Gasteiger partial charge >= 0.3 is 6.18 Å². The number of nitrogens with zero attached hydrogens (tertiary/aromatic N) is 4. The van der Waals surface area contributed by atoms with Crippen molar-refractivity contribution < 1.29 is 21.6 Å². The Morgan fingerprint density at radius 3 is 2.53 bits per heavy atom. The van der Waals surface area contributed by atoms with Crippen molar-refractivity contribution in [1.29, 1.82) is 0 Å². The Bertz CT molecular complexity index is 1190. The number of fused-ring (bicyclic) bond motifs is 1. The maximum absolute atomic E-state index is 13.3. The Labute approximate surface area is 187 Å². The zero-order valence-electron chi connectivity index (χ0n) is 17.3. The molecule has 0 unspecified atom stereocenters. The van der Waals surface area contributed by atoms with Crippen LogP contribution in [0.2, 0.25) is 0 Å². The Morgan fingerprint density at radius 2 is 1.91 bits per heavy atom. The van der Waals surface area contributed by atoms with Gasteiger partial charge in [-0.05, 0) is 34.5 Å². The zero-order chi connectivity index (χ0) is 22.9. The van der Waals surface area contributed by atoms with E-state index in [0.717, 1.165) is 17.9 Å². The second-order valence-corrected chi connectivity index (χ2v) is 10.2. The summed E-state index contributed by atoms with van der Waals surface area (Å²) < 4.78 is 64.9. The molecular weight excluding hydrogens is 463 g/mol. The molecule has 172 valence electrons. The SMILES string of the molecule is CS(=O)(=O)NCCN1CCN(c2ncc(-c3ccsc3)c3nc(C(F)(F)F)ccc23)CC1. The van der Waals surface area contributed by atoms with Crippen LogP contribution in [0.15, 0.2) is 35.2 Å². The van der Waals surface area contributed by atoms with Gasteiger partial charge < -0.3 is 4.90 Å². The number of halogens is 3. The van der Waals surface area contributed by atoms with E-state index in [9.17, 15) is 21.6 Å². The number of sulfonamides is 1. The van der Waals surface area contributed by atoms with Crippen molar-refractivity contribution in [3.05, 3.63) is 40.8 Å². The van der Waals surface area contributed by atoms with E-state index in [1.54, 1.807) is 6.20 Å². The summed E-state index contributed by atoms with van der Waals surface area (Å²) >= 11 is 1.46. The van der Waals surface area contributed by atoms with E-state index in [4.69, 9.17) is 0 Å². The number of hydrogen-bond donors (Lipinski definition) is 1. The van der Waals surface area contributed by atoms with Gasteiger partial charge in [0.25, 0.3) is 0 Å². The van der Waals surface area contributed by atoms with Crippen molar-refractivity contribution >= 4 is 38.1 Å².